The number of rotatable bonds is 2. The van der Waals surface area contributed by atoms with E-state index in [2.05, 4.69) is 4.52 Å². The smallest absolute Gasteiger partial charge is 0.0768 e. The normalized spacial score (nSPS) is 9.33. The van der Waals surface area contributed by atoms with Gasteiger partial charge in [-0.3, -0.25) is 0 Å². The van der Waals surface area contributed by atoms with Gasteiger partial charge in [0.15, 0.2) is 0 Å². The molecule has 0 rings (SSSR count). The predicted octanol–water partition coefficient (Wildman–Crippen LogP) is 0.750. The second-order valence-electron chi connectivity index (χ2n) is 0.683. The standard InChI is InChI=1S/C3H6NOP/c1-5-6-3-2-4/h6H,3H2,1H3. The fourth-order valence-electron chi connectivity index (χ4n) is 0.104. The fourth-order valence-corrected chi connectivity index (χ4v) is 0.313. The molecule has 0 saturated carbocycles. The van der Waals surface area contributed by atoms with Gasteiger partial charge in [0.05, 0.1) is 12.2 Å². The third-order valence-electron chi connectivity index (χ3n) is 0.296. The first-order valence-electron chi connectivity index (χ1n) is 1.54. The Morgan fingerprint density at radius 1 is 2.00 bits per heavy atom. The van der Waals surface area contributed by atoms with Crippen LogP contribution in [-0.4, -0.2) is 13.3 Å². The predicted molar refractivity (Wildman–Crippen MR) is 25.8 cm³/mol. The first kappa shape index (κ1) is 5.88. The molecule has 0 aromatic rings. The minimum absolute atomic E-state index is 0.354. The van der Waals surface area contributed by atoms with Crippen LogP contribution in [0.2, 0.25) is 0 Å². The molecule has 0 aliphatic carbocycles. The molecular weight excluding hydrogens is 97.0 g/mol. The van der Waals surface area contributed by atoms with E-state index in [1.807, 2.05) is 6.07 Å². The molecule has 0 spiro atoms. The summed E-state index contributed by atoms with van der Waals surface area (Å²) >= 11 is 0. The summed E-state index contributed by atoms with van der Waals surface area (Å²) in [5.74, 6) is 0. The molecule has 0 N–H and O–H groups in total. The van der Waals surface area contributed by atoms with Crippen LogP contribution in [0.5, 0.6) is 0 Å². The van der Waals surface area contributed by atoms with Crippen LogP contribution in [-0.2, 0) is 4.52 Å². The molecule has 0 aromatic carbocycles. The maximum absolute atomic E-state index is 7.87. The Morgan fingerprint density at radius 2 is 2.67 bits per heavy atom. The molecule has 0 fully saturated rings. The first-order valence-corrected chi connectivity index (χ1v) is 2.66. The summed E-state index contributed by atoms with van der Waals surface area (Å²) in [7, 11) is 1.95. The molecule has 0 aliphatic rings. The van der Waals surface area contributed by atoms with Gasteiger partial charge in [0, 0.05) is 15.9 Å². The Kier molecular flexibility index (Phi) is 4.78. The van der Waals surface area contributed by atoms with Crippen LogP contribution in [0.15, 0.2) is 0 Å². The van der Waals surface area contributed by atoms with Gasteiger partial charge < -0.3 is 4.52 Å². The van der Waals surface area contributed by atoms with Crippen molar-refractivity contribution >= 4 is 8.81 Å². The van der Waals surface area contributed by atoms with Crippen LogP contribution >= 0.6 is 8.81 Å². The highest BCUT2D eigenvalue weighted by Gasteiger charge is 1.73. The van der Waals surface area contributed by atoms with E-state index in [1.165, 1.54) is 0 Å². The SMILES string of the molecule is COPCC#N. The van der Waals surface area contributed by atoms with Gasteiger partial charge in [-0.05, 0) is 0 Å². The zero-order valence-electron chi connectivity index (χ0n) is 3.56. The van der Waals surface area contributed by atoms with Crippen LogP contribution in [0.25, 0.3) is 0 Å². The van der Waals surface area contributed by atoms with E-state index in [0.717, 1.165) is 0 Å². The summed E-state index contributed by atoms with van der Waals surface area (Å²) in [5.41, 5.74) is 0. The molecule has 0 amide bonds. The van der Waals surface area contributed by atoms with Crippen molar-refractivity contribution in [2.75, 3.05) is 13.3 Å². The maximum atomic E-state index is 7.87. The summed E-state index contributed by atoms with van der Waals surface area (Å²) in [4.78, 5) is 0. The Morgan fingerprint density at radius 3 is 2.83 bits per heavy atom. The highest BCUT2D eigenvalue weighted by molar-refractivity contribution is 7.32. The molecule has 6 heavy (non-hydrogen) atoms. The third-order valence-corrected chi connectivity index (χ3v) is 0.887. The summed E-state index contributed by atoms with van der Waals surface area (Å²) < 4.78 is 4.59. The van der Waals surface area contributed by atoms with Crippen molar-refractivity contribution in [3.63, 3.8) is 0 Å². The Bertz CT molecular complexity index is 58.3. The van der Waals surface area contributed by atoms with E-state index in [-0.39, 0.29) is 0 Å². The van der Waals surface area contributed by atoms with E-state index in [9.17, 15) is 0 Å². The van der Waals surface area contributed by atoms with E-state index in [0.29, 0.717) is 15.0 Å². The van der Waals surface area contributed by atoms with Crippen LogP contribution < -0.4 is 0 Å². The number of nitriles is 1. The summed E-state index contributed by atoms with van der Waals surface area (Å²) in [6.07, 6.45) is 0.524. The molecule has 1 atom stereocenters. The maximum Gasteiger partial charge on any atom is 0.0768 e. The van der Waals surface area contributed by atoms with Gasteiger partial charge in [-0.1, -0.05) is 0 Å². The lowest BCUT2D eigenvalue weighted by Gasteiger charge is -1.82. The largest absolute Gasteiger partial charge is 0.365 e. The Balaban J connectivity index is 2.54. The minimum atomic E-state index is 0.354. The Hall–Kier alpha value is -0.120. The lowest BCUT2D eigenvalue weighted by molar-refractivity contribution is 0.477. The molecule has 0 aromatic heterocycles. The molecule has 0 bridgehead atoms. The molecular formula is C3H6NOP. The highest BCUT2D eigenvalue weighted by Crippen LogP contribution is 2.05. The van der Waals surface area contributed by atoms with Crippen molar-refractivity contribution < 1.29 is 4.52 Å². The third kappa shape index (κ3) is 3.88. The van der Waals surface area contributed by atoms with Gasteiger partial charge in [0.25, 0.3) is 0 Å². The average molecular weight is 103 g/mol. The minimum Gasteiger partial charge on any atom is -0.365 e. The highest BCUT2D eigenvalue weighted by atomic mass is 31.1. The molecule has 0 saturated heterocycles. The van der Waals surface area contributed by atoms with Crippen LogP contribution in [0.3, 0.4) is 0 Å². The molecule has 3 heteroatoms. The van der Waals surface area contributed by atoms with Crippen molar-refractivity contribution in [3.8, 4) is 6.07 Å². The zero-order valence-corrected chi connectivity index (χ0v) is 4.56. The monoisotopic (exact) mass is 103 g/mol. The van der Waals surface area contributed by atoms with Crippen molar-refractivity contribution in [1.82, 2.24) is 0 Å². The fraction of sp³-hybridized carbons (Fsp3) is 0.667. The Labute approximate surface area is 39.0 Å². The van der Waals surface area contributed by atoms with Gasteiger partial charge in [0.1, 0.15) is 0 Å². The lowest BCUT2D eigenvalue weighted by Crippen LogP contribution is -1.64. The van der Waals surface area contributed by atoms with Gasteiger partial charge in [-0.2, -0.15) is 5.26 Å². The van der Waals surface area contributed by atoms with E-state index < -0.39 is 0 Å². The van der Waals surface area contributed by atoms with E-state index in [4.69, 9.17) is 5.26 Å². The summed E-state index contributed by atoms with van der Waals surface area (Å²) in [5, 5.41) is 7.87. The van der Waals surface area contributed by atoms with Gasteiger partial charge in [-0.25, -0.2) is 0 Å². The van der Waals surface area contributed by atoms with Crippen molar-refractivity contribution in [2.24, 2.45) is 0 Å². The van der Waals surface area contributed by atoms with E-state index >= 15 is 0 Å². The molecule has 0 heterocycles. The van der Waals surface area contributed by atoms with Crippen LogP contribution in [0.4, 0.5) is 0 Å². The second kappa shape index (κ2) is 4.88. The van der Waals surface area contributed by atoms with Gasteiger partial charge in [0.2, 0.25) is 0 Å². The molecule has 0 radical (unpaired) electrons. The summed E-state index contributed by atoms with van der Waals surface area (Å²) in [6, 6.07) is 1.96. The second-order valence-corrected chi connectivity index (χ2v) is 1.73. The lowest BCUT2D eigenvalue weighted by atomic mass is 10.9. The molecule has 34 valence electrons. The summed E-state index contributed by atoms with van der Waals surface area (Å²) in [6.45, 7) is 0. The van der Waals surface area contributed by atoms with Crippen LogP contribution in [0.1, 0.15) is 0 Å². The zero-order chi connectivity index (χ0) is 4.83. The van der Waals surface area contributed by atoms with Gasteiger partial charge >= 0.3 is 0 Å². The average Bonchev–Trinajstić information content (AvgIpc) is 1.61. The van der Waals surface area contributed by atoms with Crippen LogP contribution in [0, 0.1) is 11.3 Å². The molecule has 2 nitrogen and oxygen atoms in total. The molecule has 0 aliphatic heterocycles. The van der Waals surface area contributed by atoms with Crippen molar-refractivity contribution in [3.05, 3.63) is 0 Å². The molecule has 1 unspecified atom stereocenters. The van der Waals surface area contributed by atoms with Crippen molar-refractivity contribution in [1.29, 1.82) is 5.26 Å². The van der Waals surface area contributed by atoms with Gasteiger partial charge in [-0.15, -0.1) is 0 Å². The number of hydrogen-bond acceptors (Lipinski definition) is 2. The quantitative estimate of drug-likeness (QED) is 0.381. The number of nitrogens with zero attached hydrogens (tertiary/aromatic N) is 1. The first-order chi connectivity index (χ1) is 2.91. The topological polar surface area (TPSA) is 33.0 Å². The number of hydrogen-bond donors (Lipinski definition) is 0. The van der Waals surface area contributed by atoms with Crippen molar-refractivity contribution in [2.45, 2.75) is 0 Å². The van der Waals surface area contributed by atoms with E-state index in [1.54, 1.807) is 7.11 Å².